The second kappa shape index (κ2) is 7.44. The van der Waals surface area contributed by atoms with E-state index >= 15 is 0 Å². The first-order chi connectivity index (χ1) is 14.4. The van der Waals surface area contributed by atoms with Crippen molar-refractivity contribution in [3.05, 3.63) is 88.4 Å². The number of fused-ring (bicyclic) bond motifs is 2. The fourth-order valence-electron chi connectivity index (χ4n) is 3.30. The molecular formula is C23H17NO6. The summed E-state index contributed by atoms with van der Waals surface area (Å²) in [5, 5.41) is 2.59. The zero-order valence-electron chi connectivity index (χ0n) is 16.2. The Kier molecular flexibility index (Phi) is 4.79. The molecule has 1 N–H and O–H groups in total. The van der Waals surface area contributed by atoms with E-state index in [1.165, 1.54) is 19.1 Å². The Morgan fingerprint density at radius 3 is 2.23 bits per heavy atom. The summed E-state index contributed by atoms with van der Waals surface area (Å²) in [6.07, 6.45) is -1.15. The number of hydrogen-bond acceptors (Lipinski definition) is 6. The molecule has 7 heteroatoms. The molecule has 0 radical (unpaired) electrons. The van der Waals surface area contributed by atoms with E-state index in [1.807, 2.05) is 0 Å². The van der Waals surface area contributed by atoms with Crippen molar-refractivity contribution in [3.63, 3.8) is 0 Å². The minimum Gasteiger partial charge on any atom is -0.454 e. The molecule has 0 unspecified atom stereocenters. The number of ether oxygens (including phenoxy) is 1. The molecule has 7 nitrogen and oxygen atoms in total. The monoisotopic (exact) mass is 403 g/mol. The molecule has 30 heavy (non-hydrogen) atoms. The standard InChI is InChI=1S/C23H17NO6/c1-12-10-11-18(29-12)23(28)30-13(2)22(27)24-17-9-5-8-16-19(17)21(26)15-7-4-3-6-14(15)20(16)25/h3-11,13H,1-2H3,(H,24,27)/t13-/m0/s1. The van der Waals surface area contributed by atoms with Gasteiger partial charge in [-0.05, 0) is 32.0 Å². The molecule has 0 saturated carbocycles. The van der Waals surface area contributed by atoms with Crippen LogP contribution in [0.1, 0.15) is 55.1 Å². The van der Waals surface area contributed by atoms with Crippen LogP contribution in [0.25, 0.3) is 0 Å². The van der Waals surface area contributed by atoms with Crippen LogP contribution in [0.2, 0.25) is 0 Å². The van der Waals surface area contributed by atoms with Gasteiger partial charge >= 0.3 is 5.97 Å². The molecule has 0 saturated heterocycles. The average molecular weight is 403 g/mol. The van der Waals surface area contributed by atoms with Crippen molar-refractivity contribution in [2.45, 2.75) is 20.0 Å². The molecule has 1 aromatic heterocycles. The predicted octanol–water partition coefficient (Wildman–Crippen LogP) is 3.55. The smallest absolute Gasteiger partial charge is 0.375 e. The lowest BCUT2D eigenvalue weighted by atomic mass is 9.83. The number of hydrogen-bond donors (Lipinski definition) is 1. The van der Waals surface area contributed by atoms with Crippen molar-refractivity contribution < 1.29 is 28.3 Å². The van der Waals surface area contributed by atoms with Crippen LogP contribution in [0.4, 0.5) is 5.69 Å². The highest BCUT2D eigenvalue weighted by Gasteiger charge is 2.32. The van der Waals surface area contributed by atoms with E-state index in [2.05, 4.69) is 5.32 Å². The highest BCUT2D eigenvalue weighted by molar-refractivity contribution is 6.30. The van der Waals surface area contributed by atoms with Gasteiger partial charge in [0.15, 0.2) is 17.7 Å². The lowest BCUT2D eigenvalue weighted by Gasteiger charge is -2.21. The third-order valence-corrected chi connectivity index (χ3v) is 4.80. The molecular weight excluding hydrogens is 386 g/mol. The fourth-order valence-corrected chi connectivity index (χ4v) is 3.30. The summed E-state index contributed by atoms with van der Waals surface area (Å²) in [6.45, 7) is 3.09. The number of ketones is 2. The summed E-state index contributed by atoms with van der Waals surface area (Å²) >= 11 is 0. The maximum absolute atomic E-state index is 13.0. The van der Waals surface area contributed by atoms with Crippen LogP contribution in [0.5, 0.6) is 0 Å². The number of anilines is 1. The van der Waals surface area contributed by atoms with Gasteiger partial charge in [0, 0.05) is 16.7 Å². The van der Waals surface area contributed by atoms with Crippen LogP contribution in [0.15, 0.2) is 59.0 Å². The Bertz CT molecular complexity index is 1210. The van der Waals surface area contributed by atoms with Crippen molar-refractivity contribution in [1.29, 1.82) is 0 Å². The third kappa shape index (κ3) is 3.30. The Balaban J connectivity index is 1.57. The van der Waals surface area contributed by atoms with Gasteiger partial charge in [0.05, 0.1) is 11.3 Å². The van der Waals surface area contributed by atoms with E-state index in [4.69, 9.17) is 9.15 Å². The minimum atomic E-state index is -1.15. The summed E-state index contributed by atoms with van der Waals surface area (Å²) in [5.74, 6) is -1.53. The number of carbonyl (C=O) groups is 4. The van der Waals surface area contributed by atoms with Crippen molar-refractivity contribution >= 4 is 29.1 Å². The van der Waals surface area contributed by atoms with Gasteiger partial charge in [0.25, 0.3) is 5.91 Å². The Morgan fingerprint density at radius 1 is 0.900 bits per heavy atom. The lowest BCUT2D eigenvalue weighted by Crippen LogP contribution is -2.31. The number of amides is 1. The lowest BCUT2D eigenvalue weighted by molar-refractivity contribution is -0.123. The molecule has 0 aliphatic heterocycles. The SMILES string of the molecule is Cc1ccc(C(=O)O[C@@H](C)C(=O)Nc2cccc3c2C(=O)c2ccccc2C3=O)o1. The maximum atomic E-state index is 13.0. The van der Waals surface area contributed by atoms with E-state index in [-0.39, 0.29) is 39.7 Å². The van der Waals surface area contributed by atoms with Crippen LogP contribution in [0, 0.1) is 6.92 Å². The molecule has 0 fully saturated rings. The molecule has 0 bridgehead atoms. The van der Waals surface area contributed by atoms with E-state index in [0.29, 0.717) is 11.3 Å². The summed E-state index contributed by atoms with van der Waals surface area (Å²) in [6, 6.07) is 14.3. The Labute approximate surface area is 171 Å². The van der Waals surface area contributed by atoms with E-state index in [9.17, 15) is 19.2 Å². The van der Waals surface area contributed by atoms with E-state index in [0.717, 1.165) is 0 Å². The zero-order valence-corrected chi connectivity index (χ0v) is 16.2. The second-order valence-corrected chi connectivity index (χ2v) is 6.88. The van der Waals surface area contributed by atoms with Crippen molar-refractivity contribution in [3.8, 4) is 0 Å². The van der Waals surface area contributed by atoms with Crippen LogP contribution >= 0.6 is 0 Å². The summed E-state index contributed by atoms with van der Waals surface area (Å²) in [7, 11) is 0. The molecule has 1 atom stereocenters. The van der Waals surface area contributed by atoms with E-state index in [1.54, 1.807) is 49.4 Å². The van der Waals surface area contributed by atoms with Gasteiger partial charge in [-0.1, -0.05) is 36.4 Å². The van der Waals surface area contributed by atoms with Gasteiger partial charge in [-0.3, -0.25) is 14.4 Å². The number of carbonyl (C=O) groups excluding carboxylic acids is 4. The number of rotatable bonds is 4. The molecule has 4 rings (SSSR count). The van der Waals surface area contributed by atoms with Crippen LogP contribution < -0.4 is 5.32 Å². The van der Waals surface area contributed by atoms with Crippen molar-refractivity contribution in [1.82, 2.24) is 0 Å². The van der Waals surface area contributed by atoms with Crippen LogP contribution in [0.3, 0.4) is 0 Å². The maximum Gasteiger partial charge on any atom is 0.375 e. The zero-order chi connectivity index (χ0) is 21.4. The Morgan fingerprint density at radius 2 is 1.57 bits per heavy atom. The Hall–Kier alpha value is -4.00. The van der Waals surface area contributed by atoms with Gasteiger partial charge < -0.3 is 14.5 Å². The third-order valence-electron chi connectivity index (χ3n) is 4.80. The number of aryl methyl sites for hydroxylation is 1. The van der Waals surface area contributed by atoms with Gasteiger partial charge in [-0.2, -0.15) is 0 Å². The van der Waals surface area contributed by atoms with E-state index < -0.39 is 18.0 Å². The van der Waals surface area contributed by atoms with Crippen molar-refractivity contribution in [2.75, 3.05) is 5.32 Å². The summed E-state index contributed by atoms with van der Waals surface area (Å²) < 4.78 is 10.3. The number of benzene rings is 2. The van der Waals surface area contributed by atoms with Gasteiger partial charge in [-0.25, -0.2) is 4.79 Å². The van der Waals surface area contributed by atoms with Gasteiger partial charge in [0.1, 0.15) is 5.76 Å². The number of nitrogens with one attached hydrogen (secondary N) is 1. The summed E-state index contributed by atoms with van der Waals surface area (Å²) in [5.41, 5.74) is 1.13. The first kappa shape index (κ1) is 19.3. The second-order valence-electron chi connectivity index (χ2n) is 6.88. The quantitative estimate of drug-likeness (QED) is 0.523. The molecule has 1 aliphatic carbocycles. The topological polar surface area (TPSA) is 103 Å². The molecule has 1 heterocycles. The predicted molar refractivity (Wildman–Crippen MR) is 107 cm³/mol. The molecule has 2 aromatic carbocycles. The largest absolute Gasteiger partial charge is 0.454 e. The average Bonchev–Trinajstić information content (AvgIpc) is 3.18. The number of furan rings is 1. The molecule has 3 aromatic rings. The highest BCUT2D eigenvalue weighted by Crippen LogP contribution is 2.32. The first-order valence-electron chi connectivity index (χ1n) is 9.26. The highest BCUT2D eigenvalue weighted by atomic mass is 16.6. The minimum absolute atomic E-state index is 0.0124. The van der Waals surface area contributed by atoms with Gasteiger partial charge in [0.2, 0.25) is 5.76 Å². The molecule has 0 spiro atoms. The van der Waals surface area contributed by atoms with Crippen LogP contribution in [-0.4, -0.2) is 29.5 Å². The first-order valence-corrected chi connectivity index (χ1v) is 9.26. The normalized spacial score (nSPS) is 13.3. The van der Waals surface area contributed by atoms with Crippen molar-refractivity contribution in [2.24, 2.45) is 0 Å². The molecule has 150 valence electrons. The van der Waals surface area contributed by atoms with Gasteiger partial charge in [-0.15, -0.1) is 0 Å². The molecule has 1 aliphatic rings. The fraction of sp³-hybridized carbons (Fsp3) is 0.130. The number of esters is 1. The molecule has 1 amide bonds. The summed E-state index contributed by atoms with van der Waals surface area (Å²) in [4.78, 5) is 50.5. The van der Waals surface area contributed by atoms with Crippen LogP contribution in [-0.2, 0) is 9.53 Å².